The molecule has 0 aliphatic carbocycles. The maximum atomic E-state index is 13.8. The van der Waals surface area contributed by atoms with Gasteiger partial charge in [-0.1, -0.05) is 24.6 Å². The summed E-state index contributed by atoms with van der Waals surface area (Å²) in [5, 5.41) is 11.3. The quantitative estimate of drug-likeness (QED) is 0.732. The largest absolute Gasteiger partial charge is 0.362 e. The second kappa shape index (κ2) is 7.89. The molecule has 0 saturated carbocycles. The predicted octanol–water partition coefficient (Wildman–Crippen LogP) is 4.18. The van der Waals surface area contributed by atoms with E-state index in [4.69, 9.17) is 23.8 Å². The van der Waals surface area contributed by atoms with Crippen molar-refractivity contribution in [1.29, 1.82) is 0 Å². The van der Waals surface area contributed by atoms with Gasteiger partial charge in [-0.15, -0.1) is 0 Å². The first-order valence-electron chi connectivity index (χ1n) is 6.72. The molecule has 0 spiro atoms. The molecule has 0 unspecified atom stereocenters. The van der Waals surface area contributed by atoms with E-state index < -0.39 is 0 Å². The van der Waals surface area contributed by atoms with Gasteiger partial charge in [-0.3, -0.25) is 4.68 Å². The van der Waals surface area contributed by atoms with E-state index in [2.05, 4.69) is 38.6 Å². The van der Waals surface area contributed by atoms with Crippen molar-refractivity contribution in [2.24, 2.45) is 0 Å². The minimum atomic E-state index is -0.353. The zero-order chi connectivity index (χ0) is 16.1. The smallest absolute Gasteiger partial charge is 0.172 e. The molecule has 8 heteroatoms. The van der Waals surface area contributed by atoms with Gasteiger partial charge in [0.1, 0.15) is 5.82 Å². The Bertz CT molecular complexity index is 657. The van der Waals surface area contributed by atoms with Crippen LogP contribution in [0.25, 0.3) is 0 Å². The molecule has 1 aromatic carbocycles. The second-order valence-electron chi connectivity index (χ2n) is 4.60. The fraction of sp³-hybridized carbons (Fsp3) is 0.286. The number of benzene rings is 1. The lowest BCUT2D eigenvalue weighted by Crippen LogP contribution is -2.29. The van der Waals surface area contributed by atoms with Crippen LogP contribution in [0, 0.1) is 5.82 Å². The fourth-order valence-corrected chi connectivity index (χ4v) is 2.63. The van der Waals surface area contributed by atoms with Crippen molar-refractivity contribution in [1.82, 2.24) is 15.1 Å². The first kappa shape index (κ1) is 17.2. The molecule has 4 nitrogen and oxygen atoms in total. The number of nitrogens with zero attached hydrogens (tertiary/aromatic N) is 2. The number of thiocarbonyl (C=S) groups is 1. The van der Waals surface area contributed by atoms with E-state index in [0.717, 1.165) is 17.4 Å². The summed E-state index contributed by atoms with van der Waals surface area (Å²) in [5.41, 5.74) is 0.400. The lowest BCUT2D eigenvalue weighted by molar-refractivity contribution is 0.586. The molecule has 22 heavy (non-hydrogen) atoms. The van der Waals surface area contributed by atoms with Crippen molar-refractivity contribution in [2.75, 3.05) is 11.9 Å². The summed E-state index contributed by atoms with van der Waals surface area (Å²) < 4.78 is 16.1. The zero-order valence-corrected chi connectivity index (χ0v) is 15.0. The van der Waals surface area contributed by atoms with Crippen LogP contribution in [0.2, 0.25) is 5.02 Å². The highest BCUT2D eigenvalue weighted by Crippen LogP contribution is 2.24. The number of nitrogens with one attached hydrogen (secondary N) is 2. The van der Waals surface area contributed by atoms with Gasteiger partial charge in [-0.25, -0.2) is 4.39 Å². The third-order valence-electron chi connectivity index (χ3n) is 2.87. The number of anilines is 1. The van der Waals surface area contributed by atoms with E-state index in [1.807, 2.05) is 0 Å². The Morgan fingerprint density at radius 1 is 1.50 bits per heavy atom. The topological polar surface area (TPSA) is 41.9 Å². The number of hydrogen-bond donors (Lipinski definition) is 2. The Kier molecular flexibility index (Phi) is 6.16. The summed E-state index contributed by atoms with van der Waals surface area (Å²) in [6, 6.07) is 4.61. The van der Waals surface area contributed by atoms with E-state index in [1.165, 1.54) is 6.07 Å². The molecule has 0 aliphatic rings. The van der Waals surface area contributed by atoms with Crippen LogP contribution in [0.15, 0.2) is 28.9 Å². The first-order valence-corrected chi connectivity index (χ1v) is 8.30. The highest BCUT2D eigenvalue weighted by atomic mass is 79.9. The van der Waals surface area contributed by atoms with Gasteiger partial charge >= 0.3 is 0 Å². The molecular formula is C14H15BrClFN4S. The molecule has 0 radical (unpaired) electrons. The molecule has 2 N–H and O–H groups in total. The maximum absolute atomic E-state index is 13.8. The summed E-state index contributed by atoms with van der Waals surface area (Å²) in [6.07, 6.45) is 2.72. The normalized spacial score (nSPS) is 10.5. The van der Waals surface area contributed by atoms with Gasteiger partial charge in [0.25, 0.3) is 0 Å². The van der Waals surface area contributed by atoms with Gasteiger partial charge in [0.15, 0.2) is 10.9 Å². The van der Waals surface area contributed by atoms with Crippen LogP contribution in [-0.4, -0.2) is 21.4 Å². The van der Waals surface area contributed by atoms with E-state index in [0.29, 0.717) is 21.5 Å². The summed E-state index contributed by atoms with van der Waals surface area (Å²) >= 11 is 14.6. The predicted molar refractivity (Wildman–Crippen MR) is 95.0 cm³/mol. The van der Waals surface area contributed by atoms with Crippen molar-refractivity contribution < 1.29 is 4.39 Å². The third kappa shape index (κ3) is 4.41. The van der Waals surface area contributed by atoms with Gasteiger partial charge in [-0.05, 0) is 46.7 Å². The van der Waals surface area contributed by atoms with Crippen LogP contribution in [0.1, 0.15) is 18.9 Å². The standard InChI is InChI=1S/C14H15BrClFN4S/c1-2-6-18-14(22)19-13-10(15)8-21(20-13)7-9-11(16)4-3-5-12(9)17/h3-5,8H,2,6-7H2,1H3,(H2,18,19,20,22). The lowest BCUT2D eigenvalue weighted by Gasteiger charge is -2.08. The molecule has 0 amide bonds. The van der Waals surface area contributed by atoms with Gasteiger partial charge in [0.05, 0.1) is 11.0 Å². The van der Waals surface area contributed by atoms with Crippen molar-refractivity contribution in [3.63, 3.8) is 0 Å². The van der Waals surface area contributed by atoms with Crippen molar-refractivity contribution in [3.05, 3.63) is 45.3 Å². The molecule has 1 heterocycles. The zero-order valence-electron chi connectivity index (χ0n) is 11.9. The fourth-order valence-electron chi connectivity index (χ4n) is 1.80. The molecule has 0 saturated heterocycles. The SMILES string of the molecule is CCCNC(=S)Nc1nn(Cc2c(F)cccc2Cl)cc1Br. The number of halogens is 3. The van der Waals surface area contributed by atoms with Crippen molar-refractivity contribution in [3.8, 4) is 0 Å². The van der Waals surface area contributed by atoms with E-state index in [-0.39, 0.29) is 12.4 Å². The summed E-state index contributed by atoms with van der Waals surface area (Å²) in [5.74, 6) is 0.217. The average molecular weight is 406 g/mol. The maximum Gasteiger partial charge on any atom is 0.172 e. The minimum absolute atomic E-state index is 0.237. The molecule has 118 valence electrons. The van der Waals surface area contributed by atoms with E-state index in [9.17, 15) is 4.39 Å². The molecule has 1 aromatic heterocycles. The number of aromatic nitrogens is 2. The Hall–Kier alpha value is -1.18. The van der Waals surface area contributed by atoms with Crippen molar-refractivity contribution in [2.45, 2.75) is 19.9 Å². The van der Waals surface area contributed by atoms with Crippen LogP contribution in [0.4, 0.5) is 10.2 Å². The van der Waals surface area contributed by atoms with Gasteiger partial charge in [0.2, 0.25) is 0 Å². The number of hydrogen-bond acceptors (Lipinski definition) is 2. The van der Waals surface area contributed by atoms with Gasteiger partial charge in [-0.2, -0.15) is 5.10 Å². The molecule has 2 aromatic rings. The molecule has 0 bridgehead atoms. The Morgan fingerprint density at radius 3 is 2.95 bits per heavy atom. The highest BCUT2D eigenvalue weighted by Gasteiger charge is 2.12. The molecule has 0 atom stereocenters. The van der Waals surface area contributed by atoms with Crippen LogP contribution < -0.4 is 10.6 Å². The minimum Gasteiger partial charge on any atom is -0.362 e. The molecule has 0 aliphatic heterocycles. The van der Waals surface area contributed by atoms with Gasteiger partial charge < -0.3 is 10.6 Å². The van der Waals surface area contributed by atoms with Crippen molar-refractivity contribution >= 4 is 50.7 Å². The lowest BCUT2D eigenvalue weighted by atomic mass is 10.2. The number of rotatable bonds is 5. The van der Waals surface area contributed by atoms with Gasteiger partial charge in [0, 0.05) is 23.3 Å². The third-order valence-corrected chi connectivity index (χ3v) is 4.05. The van der Waals surface area contributed by atoms with Crippen LogP contribution in [0.3, 0.4) is 0 Å². The molecule has 2 rings (SSSR count). The molecular weight excluding hydrogens is 391 g/mol. The van der Waals surface area contributed by atoms with Crippen LogP contribution in [0.5, 0.6) is 0 Å². The summed E-state index contributed by atoms with van der Waals surface area (Å²) in [4.78, 5) is 0. The Morgan fingerprint density at radius 2 is 2.27 bits per heavy atom. The second-order valence-corrected chi connectivity index (χ2v) is 6.27. The molecule has 0 fully saturated rings. The Labute approximate surface area is 147 Å². The summed E-state index contributed by atoms with van der Waals surface area (Å²) in [7, 11) is 0. The first-order chi connectivity index (χ1) is 10.5. The van der Waals surface area contributed by atoms with E-state index >= 15 is 0 Å². The van der Waals surface area contributed by atoms with E-state index in [1.54, 1.807) is 23.0 Å². The van der Waals surface area contributed by atoms with Crippen LogP contribution in [-0.2, 0) is 6.54 Å². The monoisotopic (exact) mass is 404 g/mol. The average Bonchev–Trinajstić information content (AvgIpc) is 2.81. The summed E-state index contributed by atoms with van der Waals surface area (Å²) in [6.45, 7) is 3.08. The highest BCUT2D eigenvalue weighted by molar-refractivity contribution is 9.10. The Balaban J connectivity index is 2.11. The van der Waals surface area contributed by atoms with Crippen LogP contribution >= 0.6 is 39.7 Å².